The second kappa shape index (κ2) is 5.87. The van der Waals surface area contributed by atoms with E-state index in [9.17, 15) is 5.11 Å². The molecule has 1 fully saturated rings. The number of nitrogens with zero attached hydrogens (tertiary/aromatic N) is 4. The molecular formula is C14H18N4OS. The molecule has 5 nitrogen and oxygen atoms in total. The van der Waals surface area contributed by atoms with Gasteiger partial charge >= 0.3 is 0 Å². The van der Waals surface area contributed by atoms with Crippen LogP contribution in [0.2, 0.25) is 0 Å². The zero-order valence-corrected chi connectivity index (χ0v) is 12.0. The van der Waals surface area contributed by atoms with Crippen LogP contribution in [-0.2, 0) is 6.67 Å². The summed E-state index contributed by atoms with van der Waals surface area (Å²) >= 11 is 5.48. The minimum Gasteiger partial charge on any atom is -0.392 e. The minimum atomic E-state index is -0.228. The highest BCUT2D eigenvalue weighted by Gasteiger charge is 2.18. The smallest absolute Gasteiger partial charge is 0.203 e. The number of hydrogen-bond acceptors (Lipinski definition) is 4. The molecule has 1 aliphatic heterocycles. The summed E-state index contributed by atoms with van der Waals surface area (Å²) in [6, 6.07) is 9.95. The van der Waals surface area contributed by atoms with Gasteiger partial charge < -0.3 is 5.11 Å². The van der Waals surface area contributed by atoms with Crippen LogP contribution in [-0.4, -0.2) is 43.5 Å². The minimum absolute atomic E-state index is 0.228. The van der Waals surface area contributed by atoms with Crippen LogP contribution < -0.4 is 0 Å². The standard InChI is InChI=1S/C14H18N4OS/c19-13-7-4-8-16(9-13)11-18-14(20)17(10-15-18)12-5-2-1-3-6-12/h1-3,5-6,10,13,19H,4,7-9,11H2/t13-/m1/s1. The molecular weight excluding hydrogens is 272 g/mol. The highest BCUT2D eigenvalue weighted by molar-refractivity contribution is 7.71. The lowest BCUT2D eigenvalue weighted by Crippen LogP contribution is -2.39. The number of aromatic nitrogens is 3. The SMILES string of the molecule is O[C@@H]1CCCN(Cn2ncn(-c3ccccc3)c2=S)C1. The maximum absolute atomic E-state index is 9.71. The van der Waals surface area contributed by atoms with Gasteiger partial charge in [0, 0.05) is 18.8 Å². The van der Waals surface area contributed by atoms with Gasteiger partial charge in [0.1, 0.15) is 6.33 Å². The number of aliphatic hydroxyl groups excluding tert-OH is 1. The summed E-state index contributed by atoms with van der Waals surface area (Å²) in [5.74, 6) is 0. The van der Waals surface area contributed by atoms with Crippen molar-refractivity contribution in [2.75, 3.05) is 13.1 Å². The molecule has 1 aromatic heterocycles. The van der Waals surface area contributed by atoms with Crippen LogP contribution in [0.5, 0.6) is 0 Å². The van der Waals surface area contributed by atoms with Crippen LogP contribution >= 0.6 is 12.2 Å². The average molecular weight is 290 g/mol. The fraction of sp³-hybridized carbons (Fsp3) is 0.429. The second-order valence-corrected chi connectivity index (χ2v) is 5.50. The van der Waals surface area contributed by atoms with Crippen LogP contribution in [0, 0.1) is 4.77 Å². The van der Waals surface area contributed by atoms with Gasteiger partial charge in [-0.15, -0.1) is 0 Å². The Morgan fingerprint density at radius 3 is 2.85 bits per heavy atom. The van der Waals surface area contributed by atoms with Gasteiger partial charge in [-0.1, -0.05) is 18.2 Å². The molecule has 106 valence electrons. The van der Waals surface area contributed by atoms with Crippen molar-refractivity contribution in [1.29, 1.82) is 0 Å². The van der Waals surface area contributed by atoms with E-state index in [1.807, 2.05) is 34.9 Å². The third-order valence-corrected chi connectivity index (χ3v) is 3.99. The van der Waals surface area contributed by atoms with Gasteiger partial charge in [0.05, 0.1) is 12.8 Å². The highest BCUT2D eigenvalue weighted by atomic mass is 32.1. The molecule has 1 aliphatic rings. The Hall–Kier alpha value is -1.50. The van der Waals surface area contributed by atoms with E-state index < -0.39 is 0 Å². The van der Waals surface area contributed by atoms with E-state index in [1.54, 1.807) is 11.0 Å². The van der Waals surface area contributed by atoms with Crippen molar-refractivity contribution in [2.24, 2.45) is 0 Å². The Morgan fingerprint density at radius 1 is 1.30 bits per heavy atom. The second-order valence-electron chi connectivity index (χ2n) is 5.13. The molecule has 1 N–H and O–H groups in total. The van der Waals surface area contributed by atoms with E-state index >= 15 is 0 Å². The number of hydrogen-bond donors (Lipinski definition) is 1. The number of para-hydroxylation sites is 1. The molecule has 2 aromatic rings. The molecule has 0 radical (unpaired) electrons. The maximum atomic E-state index is 9.71. The van der Waals surface area contributed by atoms with Crippen molar-refractivity contribution in [2.45, 2.75) is 25.6 Å². The van der Waals surface area contributed by atoms with E-state index in [-0.39, 0.29) is 6.10 Å². The first-order valence-electron chi connectivity index (χ1n) is 6.84. The number of β-amino-alcohol motifs (C(OH)–C–C–N with tert-alkyl or cyclic N) is 1. The van der Waals surface area contributed by atoms with E-state index in [2.05, 4.69) is 10.00 Å². The monoisotopic (exact) mass is 290 g/mol. The lowest BCUT2D eigenvalue weighted by atomic mass is 10.1. The predicted octanol–water partition coefficient (Wildman–Crippen LogP) is 1.82. The largest absolute Gasteiger partial charge is 0.392 e. The van der Waals surface area contributed by atoms with Crippen molar-refractivity contribution in [3.63, 3.8) is 0 Å². The number of likely N-dealkylation sites (tertiary alicyclic amines) is 1. The summed E-state index contributed by atoms with van der Waals surface area (Å²) < 4.78 is 4.38. The summed E-state index contributed by atoms with van der Waals surface area (Å²) in [7, 11) is 0. The lowest BCUT2D eigenvalue weighted by Gasteiger charge is -2.29. The van der Waals surface area contributed by atoms with E-state index in [0.29, 0.717) is 18.0 Å². The molecule has 6 heteroatoms. The summed E-state index contributed by atoms with van der Waals surface area (Å²) in [4.78, 5) is 2.19. The van der Waals surface area contributed by atoms with Crippen LogP contribution in [0.25, 0.3) is 5.69 Å². The fourth-order valence-electron chi connectivity index (χ4n) is 2.55. The molecule has 0 unspecified atom stereocenters. The zero-order valence-electron chi connectivity index (χ0n) is 11.2. The Kier molecular flexibility index (Phi) is 3.95. The normalized spacial score (nSPS) is 20.1. The van der Waals surface area contributed by atoms with Gasteiger partial charge in [0.2, 0.25) is 4.77 Å². The maximum Gasteiger partial charge on any atom is 0.203 e. The Labute approximate surface area is 123 Å². The molecule has 0 saturated carbocycles. The Morgan fingerprint density at radius 2 is 2.10 bits per heavy atom. The van der Waals surface area contributed by atoms with E-state index in [0.717, 1.165) is 25.1 Å². The van der Waals surface area contributed by atoms with Gasteiger partial charge in [0.15, 0.2) is 0 Å². The number of piperidine rings is 1. The molecule has 2 heterocycles. The first-order chi connectivity index (χ1) is 9.74. The van der Waals surface area contributed by atoms with Gasteiger partial charge in [-0.25, -0.2) is 4.68 Å². The third-order valence-electron chi connectivity index (χ3n) is 3.58. The van der Waals surface area contributed by atoms with Gasteiger partial charge in [-0.2, -0.15) is 5.10 Å². The molecule has 0 bridgehead atoms. The average Bonchev–Trinajstić information content (AvgIpc) is 2.81. The molecule has 0 amide bonds. The molecule has 3 rings (SSSR count). The van der Waals surface area contributed by atoms with Crippen LogP contribution in [0.3, 0.4) is 0 Å². The molecule has 0 aliphatic carbocycles. The quantitative estimate of drug-likeness (QED) is 0.876. The molecule has 20 heavy (non-hydrogen) atoms. The van der Waals surface area contributed by atoms with Crippen molar-refractivity contribution in [1.82, 2.24) is 19.2 Å². The van der Waals surface area contributed by atoms with Crippen molar-refractivity contribution >= 4 is 12.2 Å². The van der Waals surface area contributed by atoms with Gasteiger partial charge in [-0.05, 0) is 37.2 Å². The number of benzene rings is 1. The van der Waals surface area contributed by atoms with Gasteiger partial charge in [0.25, 0.3) is 0 Å². The van der Waals surface area contributed by atoms with Crippen molar-refractivity contribution in [3.05, 3.63) is 41.4 Å². The summed E-state index contributed by atoms with van der Waals surface area (Å²) in [5, 5.41) is 14.1. The summed E-state index contributed by atoms with van der Waals surface area (Å²) in [6.07, 6.45) is 3.43. The third kappa shape index (κ3) is 2.82. The van der Waals surface area contributed by atoms with Crippen molar-refractivity contribution in [3.8, 4) is 5.69 Å². The van der Waals surface area contributed by atoms with Crippen LogP contribution in [0.15, 0.2) is 36.7 Å². The lowest BCUT2D eigenvalue weighted by molar-refractivity contribution is 0.0513. The molecule has 1 saturated heterocycles. The Bertz CT molecular complexity index is 622. The molecule has 0 spiro atoms. The highest BCUT2D eigenvalue weighted by Crippen LogP contribution is 2.12. The van der Waals surface area contributed by atoms with Crippen LogP contribution in [0.4, 0.5) is 0 Å². The van der Waals surface area contributed by atoms with E-state index in [1.165, 1.54) is 0 Å². The molecule has 1 atom stereocenters. The fourth-order valence-corrected chi connectivity index (χ4v) is 2.81. The summed E-state index contributed by atoms with van der Waals surface area (Å²) in [5.41, 5.74) is 1.02. The van der Waals surface area contributed by atoms with E-state index in [4.69, 9.17) is 12.2 Å². The number of aliphatic hydroxyl groups is 1. The van der Waals surface area contributed by atoms with Crippen LogP contribution in [0.1, 0.15) is 12.8 Å². The van der Waals surface area contributed by atoms with Gasteiger partial charge in [-0.3, -0.25) is 9.47 Å². The zero-order chi connectivity index (χ0) is 13.9. The van der Waals surface area contributed by atoms with Crippen molar-refractivity contribution < 1.29 is 5.11 Å². The topological polar surface area (TPSA) is 46.2 Å². The Balaban J connectivity index is 1.79. The number of rotatable bonds is 3. The first kappa shape index (κ1) is 13.5. The summed E-state index contributed by atoms with van der Waals surface area (Å²) in [6.45, 7) is 2.31. The first-order valence-corrected chi connectivity index (χ1v) is 7.25. The molecule has 1 aromatic carbocycles. The predicted molar refractivity (Wildman–Crippen MR) is 79.2 cm³/mol.